The van der Waals surface area contributed by atoms with E-state index >= 15 is 0 Å². The molecule has 1 rings (SSSR count). The second-order valence-electron chi connectivity index (χ2n) is 4.64. The van der Waals surface area contributed by atoms with Gasteiger partial charge in [-0.05, 0) is 42.9 Å². The topological polar surface area (TPSA) is 83.8 Å². The van der Waals surface area contributed by atoms with E-state index in [1.165, 1.54) is 0 Å². The summed E-state index contributed by atoms with van der Waals surface area (Å²) in [6.45, 7) is 1.72. The van der Waals surface area contributed by atoms with Gasteiger partial charge in [0.05, 0.1) is 0 Å². The van der Waals surface area contributed by atoms with Crippen LogP contribution >= 0.6 is 0 Å². The van der Waals surface area contributed by atoms with Gasteiger partial charge in [-0.1, -0.05) is 19.1 Å². The van der Waals surface area contributed by atoms with Gasteiger partial charge < -0.3 is 14.9 Å². The molecule has 1 aromatic carbocycles. The van der Waals surface area contributed by atoms with Crippen LogP contribution < -0.4 is 4.74 Å². The third-order valence-corrected chi connectivity index (χ3v) is 3.15. The summed E-state index contributed by atoms with van der Waals surface area (Å²) in [4.78, 5) is 20.9. The summed E-state index contributed by atoms with van der Waals surface area (Å²) in [5.41, 5.74) is 1.13. The van der Waals surface area contributed by atoms with E-state index in [0.29, 0.717) is 18.1 Å². The summed E-state index contributed by atoms with van der Waals surface area (Å²) in [7, 11) is 0. The molecule has 0 amide bonds. The molecule has 5 heteroatoms. The first-order valence-electron chi connectivity index (χ1n) is 6.69. The SMILES string of the molecule is CCC(CCCC(=O)O)c1ccc(OCC(=O)O)cc1. The van der Waals surface area contributed by atoms with Gasteiger partial charge in [0.1, 0.15) is 5.75 Å². The van der Waals surface area contributed by atoms with Crippen LogP contribution in [-0.4, -0.2) is 28.8 Å². The van der Waals surface area contributed by atoms with Crippen LogP contribution in [0.5, 0.6) is 5.75 Å². The Morgan fingerprint density at radius 3 is 2.30 bits per heavy atom. The lowest BCUT2D eigenvalue weighted by atomic mass is 9.91. The molecule has 1 atom stereocenters. The van der Waals surface area contributed by atoms with E-state index in [2.05, 4.69) is 6.92 Å². The first-order valence-corrected chi connectivity index (χ1v) is 6.69. The van der Waals surface area contributed by atoms with E-state index in [1.54, 1.807) is 12.1 Å². The molecule has 5 nitrogen and oxygen atoms in total. The molecule has 0 saturated heterocycles. The summed E-state index contributed by atoms with van der Waals surface area (Å²) in [5.74, 6) is -0.925. The van der Waals surface area contributed by atoms with E-state index in [4.69, 9.17) is 14.9 Å². The smallest absolute Gasteiger partial charge is 0.341 e. The number of carbonyl (C=O) groups is 2. The predicted octanol–water partition coefficient (Wildman–Crippen LogP) is 2.90. The number of rotatable bonds is 9. The minimum absolute atomic E-state index is 0.191. The van der Waals surface area contributed by atoms with Gasteiger partial charge in [0.25, 0.3) is 0 Å². The van der Waals surface area contributed by atoms with Crippen LogP contribution in [0.4, 0.5) is 0 Å². The lowest BCUT2D eigenvalue weighted by Gasteiger charge is -2.15. The zero-order valence-corrected chi connectivity index (χ0v) is 11.5. The van der Waals surface area contributed by atoms with Crippen LogP contribution in [0.1, 0.15) is 44.1 Å². The Hall–Kier alpha value is -2.04. The molecule has 0 spiro atoms. The molecule has 0 fully saturated rings. The standard InChI is InChI=1S/C15H20O5/c1-2-11(4-3-5-14(16)17)12-6-8-13(9-7-12)20-10-15(18)19/h6-9,11H,2-5,10H2,1H3,(H,16,17)(H,18,19). The lowest BCUT2D eigenvalue weighted by Crippen LogP contribution is -2.09. The van der Waals surface area contributed by atoms with Crippen molar-refractivity contribution in [1.82, 2.24) is 0 Å². The van der Waals surface area contributed by atoms with Crippen molar-refractivity contribution in [2.75, 3.05) is 6.61 Å². The van der Waals surface area contributed by atoms with Crippen LogP contribution in [0.15, 0.2) is 24.3 Å². The van der Waals surface area contributed by atoms with Crippen LogP contribution in [0.2, 0.25) is 0 Å². The molecular weight excluding hydrogens is 260 g/mol. The van der Waals surface area contributed by atoms with Crippen molar-refractivity contribution in [3.63, 3.8) is 0 Å². The van der Waals surface area contributed by atoms with Gasteiger partial charge in [-0.3, -0.25) is 4.79 Å². The minimum atomic E-state index is -1.01. The fourth-order valence-electron chi connectivity index (χ4n) is 2.09. The summed E-state index contributed by atoms with van der Waals surface area (Å²) >= 11 is 0. The molecule has 1 aromatic rings. The maximum absolute atomic E-state index is 10.5. The van der Waals surface area contributed by atoms with Gasteiger partial charge in [0.2, 0.25) is 0 Å². The fraction of sp³-hybridized carbons (Fsp3) is 0.467. The van der Waals surface area contributed by atoms with Gasteiger partial charge in [0.15, 0.2) is 6.61 Å². The molecule has 0 aromatic heterocycles. The van der Waals surface area contributed by atoms with E-state index in [-0.39, 0.29) is 13.0 Å². The number of aliphatic carboxylic acids is 2. The molecule has 0 saturated carbocycles. The molecule has 0 radical (unpaired) electrons. The summed E-state index contributed by atoms with van der Waals surface area (Å²) in [6, 6.07) is 7.31. The number of hydrogen-bond acceptors (Lipinski definition) is 3. The molecule has 2 N–H and O–H groups in total. The minimum Gasteiger partial charge on any atom is -0.482 e. The molecule has 0 bridgehead atoms. The molecule has 0 heterocycles. The van der Waals surface area contributed by atoms with Crippen LogP contribution in [0.25, 0.3) is 0 Å². The Kier molecular flexibility index (Phi) is 6.56. The Balaban J connectivity index is 2.55. The molecule has 0 aliphatic rings. The van der Waals surface area contributed by atoms with Crippen molar-refractivity contribution in [1.29, 1.82) is 0 Å². The third-order valence-electron chi connectivity index (χ3n) is 3.15. The Bertz CT molecular complexity index is 438. The quantitative estimate of drug-likeness (QED) is 0.726. The Morgan fingerprint density at radius 2 is 1.80 bits per heavy atom. The van der Waals surface area contributed by atoms with E-state index < -0.39 is 11.9 Å². The normalized spacial score (nSPS) is 11.8. The van der Waals surface area contributed by atoms with Gasteiger partial charge in [-0.25, -0.2) is 4.79 Å². The number of ether oxygens (including phenoxy) is 1. The first-order chi connectivity index (χ1) is 9.52. The van der Waals surface area contributed by atoms with Crippen molar-refractivity contribution < 1.29 is 24.5 Å². The van der Waals surface area contributed by atoms with E-state index in [0.717, 1.165) is 18.4 Å². The zero-order valence-electron chi connectivity index (χ0n) is 11.5. The molecule has 0 aliphatic carbocycles. The number of benzene rings is 1. The summed E-state index contributed by atoms with van der Waals surface area (Å²) in [6.07, 6.45) is 2.62. The van der Waals surface area contributed by atoms with Crippen molar-refractivity contribution >= 4 is 11.9 Å². The maximum Gasteiger partial charge on any atom is 0.341 e. The summed E-state index contributed by atoms with van der Waals surface area (Å²) < 4.78 is 5.07. The number of carboxylic acids is 2. The zero-order chi connectivity index (χ0) is 15.0. The monoisotopic (exact) mass is 280 g/mol. The third kappa shape index (κ3) is 5.73. The molecular formula is C15H20O5. The highest BCUT2D eigenvalue weighted by Gasteiger charge is 2.10. The van der Waals surface area contributed by atoms with Gasteiger partial charge >= 0.3 is 11.9 Å². The Labute approximate surface area is 118 Å². The predicted molar refractivity (Wildman–Crippen MR) is 74.1 cm³/mol. The van der Waals surface area contributed by atoms with Crippen LogP contribution in [0, 0.1) is 0 Å². The van der Waals surface area contributed by atoms with Crippen molar-refractivity contribution in [2.24, 2.45) is 0 Å². The van der Waals surface area contributed by atoms with Crippen molar-refractivity contribution in [2.45, 2.75) is 38.5 Å². The van der Waals surface area contributed by atoms with Gasteiger partial charge in [0, 0.05) is 6.42 Å². The van der Waals surface area contributed by atoms with E-state index in [9.17, 15) is 9.59 Å². The second kappa shape index (κ2) is 8.19. The van der Waals surface area contributed by atoms with Crippen molar-refractivity contribution in [3.8, 4) is 5.75 Å². The fourth-order valence-corrected chi connectivity index (χ4v) is 2.09. The first kappa shape index (κ1) is 16.0. The van der Waals surface area contributed by atoms with Crippen molar-refractivity contribution in [3.05, 3.63) is 29.8 Å². The van der Waals surface area contributed by atoms with Crippen LogP contribution in [-0.2, 0) is 9.59 Å². The van der Waals surface area contributed by atoms with Crippen LogP contribution in [0.3, 0.4) is 0 Å². The highest BCUT2D eigenvalue weighted by Crippen LogP contribution is 2.27. The average Bonchev–Trinajstić information content (AvgIpc) is 2.42. The van der Waals surface area contributed by atoms with Gasteiger partial charge in [-0.15, -0.1) is 0 Å². The second-order valence-corrected chi connectivity index (χ2v) is 4.64. The molecule has 110 valence electrons. The van der Waals surface area contributed by atoms with E-state index in [1.807, 2.05) is 12.1 Å². The lowest BCUT2D eigenvalue weighted by molar-refractivity contribution is -0.139. The molecule has 20 heavy (non-hydrogen) atoms. The Morgan fingerprint density at radius 1 is 1.15 bits per heavy atom. The average molecular weight is 280 g/mol. The molecule has 1 unspecified atom stereocenters. The highest BCUT2D eigenvalue weighted by atomic mass is 16.5. The number of hydrogen-bond donors (Lipinski definition) is 2. The summed E-state index contributed by atoms with van der Waals surface area (Å²) in [5, 5.41) is 17.2. The largest absolute Gasteiger partial charge is 0.482 e. The van der Waals surface area contributed by atoms with Gasteiger partial charge in [-0.2, -0.15) is 0 Å². The molecule has 0 aliphatic heterocycles. The number of carboxylic acid groups (broad SMARTS) is 2. The maximum atomic E-state index is 10.5. The highest BCUT2D eigenvalue weighted by molar-refractivity contribution is 5.68.